The van der Waals surface area contributed by atoms with Crippen LogP contribution < -0.4 is 10.1 Å². The van der Waals surface area contributed by atoms with Crippen molar-refractivity contribution in [2.75, 3.05) is 20.2 Å². The van der Waals surface area contributed by atoms with Crippen LogP contribution in [0, 0.1) is 6.92 Å². The summed E-state index contributed by atoms with van der Waals surface area (Å²) >= 11 is 1.67. The zero-order chi connectivity index (χ0) is 17.4. The van der Waals surface area contributed by atoms with Crippen LogP contribution in [0.3, 0.4) is 0 Å². The fraction of sp³-hybridized carbons (Fsp3) is 0.444. The van der Waals surface area contributed by atoms with Crippen molar-refractivity contribution >= 4 is 41.3 Å². The normalized spacial score (nSPS) is 11.0. The average Bonchev–Trinajstić information content (AvgIpc) is 2.97. The van der Waals surface area contributed by atoms with Crippen molar-refractivity contribution in [3.63, 3.8) is 0 Å². The number of aryl methyl sites for hydroxylation is 1. The molecule has 0 spiro atoms. The van der Waals surface area contributed by atoms with E-state index >= 15 is 0 Å². The van der Waals surface area contributed by atoms with Crippen LogP contribution in [0.5, 0.6) is 5.75 Å². The summed E-state index contributed by atoms with van der Waals surface area (Å²) < 4.78 is 5.68. The largest absolute Gasteiger partial charge is 0.494 e. The molecule has 25 heavy (non-hydrogen) atoms. The van der Waals surface area contributed by atoms with E-state index in [4.69, 9.17) is 9.73 Å². The first-order valence-electron chi connectivity index (χ1n) is 8.25. The highest BCUT2D eigenvalue weighted by atomic mass is 127. The van der Waals surface area contributed by atoms with Crippen LogP contribution in [0.2, 0.25) is 0 Å². The molecular formula is C18H27IN4OS. The van der Waals surface area contributed by atoms with Crippen molar-refractivity contribution in [3.05, 3.63) is 45.9 Å². The molecule has 1 aromatic heterocycles. The minimum Gasteiger partial charge on any atom is -0.494 e. The van der Waals surface area contributed by atoms with Crippen molar-refractivity contribution in [1.82, 2.24) is 15.2 Å². The number of ether oxygens (including phenoxy) is 1. The first-order chi connectivity index (χ1) is 11.6. The first-order valence-corrected chi connectivity index (χ1v) is 9.13. The van der Waals surface area contributed by atoms with Gasteiger partial charge in [-0.05, 0) is 26.8 Å². The Morgan fingerprint density at radius 2 is 2.08 bits per heavy atom. The van der Waals surface area contributed by atoms with Crippen molar-refractivity contribution in [2.45, 2.75) is 33.9 Å². The predicted octanol–water partition coefficient (Wildman–Crippen LogP) is 4.07. The van der Waals surface area contributed by atoms with Crippen LogP contribution in [0.15, 0.2) is 34.6 Å². The molecule has 1 aromatic carbocycles. The van der Waals surface area contributed by atoms with Crippen molar-refractivity contribution in [3.8, 4) is 5.75 Å². The van der Waals surface area contributed by atoms with E-state index < -0.39 is 0 Å². The second-order valence-electron chi connectivity index (χ2n) is 5.42. The fourth-order valence-electron chi connectivity index (χ4n) is 2.36. The Morgan fingerprint density at radius 1 is 1.32 bits per heavy atom. The maximum Gasteiger partial charge on any atom is 0.194 e. The number of nitrogens with one attached hydrogen (secondary N) is 1. The molecule has 0 amide bonds. The highest BCUT2D eigenvalue weighted by Gasteiger charge is 2.09. The number of para-hydroxylation sites is 1. The summed E-state index contributed by atoms with van der Waals surface area (Å²) in [5.74, 6) is 1.77. The van der Waals surface area contributed by atoms with Gasteiger partial charge in [-0.25, -0.2) is 9.98 Å². The highest BCUT2D eigenvalue weighted by molar-refractivity contribution is 14.0. The summed E-state index contributed by atoms with van der Waals surface area (Å²) in [6.45, 7) is 8.90. The fourth-order valence-corrected chi connectivity index (χ4v) is 2.96. The van der Waals surface area contributed by atoms with Gasteiger partial charge in [0.2, 0.25) is 0 Å². The quantitative estimate of drug-likeness (QED) is 0.374. The zero-order valence-corrected chi connectivity index (χ0v) is 18.4. The number of halogens is 1. The van der Waals surface area contributed by atoms with Gasteiger partial charge in [0.05, 0.1) is 30.4 Å². The van der Waals surface area contributed by atoms with E-state index in [0.717, 1.165) is 41.1 Å². The number of hydrogen-bond donors (Lipinski definition) is 1. The molecule has 0 saturated carbocycles. The van der Waals surface area contributed by atoms with Crippen LogP contribution in [0.25, 0.3) is 0 Å². The average molecular weight is 474 g/mol. The van der Waals surface area contributed by atoms with Gasteiger partial charge in [0, 0.05) is 24.5 Å². The van der Waals surface area contributed by atoms with Crippen molar-refractivity contribution in [1.29, 1.82) is 0 Å². The predicted molar refractivity (Wildman–Crippen MR) is 116 cm³/mol. The van der Waals surface area contributed by atoms with E-state index in [0.29, 0.717) is 13.2 Å². The van der Waals surface area contributed by atoms with Gasteiger partial charge < -0.3 is 15.0 Å². The first kappa shape index (κ1) is 21.7. The lowest BCUT2D eigenvalue weighted by molar-refractivity contribution is 0.336. The molecule has 0 bridgehead atoms. The summed E-state index contributed by atoms with van der Waals surface area (Å²) in [5, 5.41) is 6.53. The molecule has 138 valence electrons. The minimum absolute atomic E-state index is 0. The lowest BCUT2D eigenvalue weighted by atomic mass is 10.2. The van der Waals surface area contributed by atoms with Gasteiger partial charge in [0.1, 0.15) is 5.75 Å². The number of rotatable bonds is 7. The van der Waals surface area contributed by atoms with E-state index in [1.54, 1.807) is 11.3 Å². The maximum absolute atomic E-state index is 5.68. The Kier molecular flexibility index (Phi) is 9.81. The van der Waals surface area contributed by atoms with Gasteiger partial charge in [-0.2, -0.15) is 0 Å². The number of hydrogen-bond acceptors (Lipinski definition) is 4. The van der Waals surface area contributed by atoms with Crippen LogP contribution in [-0.2, 0) is 13.1 Å². The molecule has 0 fully saturated rings. The molecule has 0 atom stereocenters. The number of aromatic nitrogens is 1. The van der Waals surface area contributed by atoms with E-state index in [9.17, 15) is 0 Å². The molecule has 2 aromatic rings. The maximum atomic E-state index is 5.68. The second-order valence-corrected chi connectivity index (χ2v) is 6.49. The molecule has 7 heteroatoms. The summed E-state index contributed by atoms with van der Waals surface area (Å²) in [7, 11) is 2.03. The van der Waals surface area contributed by atoms with Crippen molar-refractivity contribution in [2.24, 2.45) is 4.99 Å². The number of aliphatic imine (C=N–C) groups is 1. The molecule has 2 rings (SSSR count). The Bertz CT molecular complexity index is 675. The number of thiazole rings is 1. The molecule has 0 saturated heterocycles. The minimum atomic E-state index is 0. The lowest BCUT2D eigenvalue weighted by Crippen LogP contribution is -2.38. The third-order valence-electron chi connectivity index (χ3n) is 3.43. The SMILES string of the molecule is CCNC(=NCc1ccccc1OCC)N(C)Cc1csc(C)n1.I. The van der Waals surface area contributed by atoms with Crippen LogP contribution in [-0.4, -0.2) is 36.0 Å². The molecule has 1 N–H and O–H groups in total. The van der Waals surface area contributed by atoms with Gasteiger partial charge in [-0.1, -0.05) is 18.2 Å². The third kappa shape index (κ3) is 6.81. The summed E-state index contributed by atoms with van der Waals surface area (Å²) in [4.78, 5) is 11.4. The number of benzene rings is 1. The Balaban J connectivity index is 0.00000312. The number of nitrogens with zero attached hydrogens (tertiary/aromatic N) is 3. The Hall–Kier alpha value is -1.35. The highest BCUT2D eigenvalue weighted by Crippen LogP contribution is 2.19. The van der Waals surface area contributed by atoms with E-state index in [1.807, 2.05) is 39.1 Å². The summed E-state index contributed by atoms with van der Waals surface area (Å²) in [5.41, 5.74) is 2.16. The standard InChI is InChI=1S/C18H26N4OS.HI/c1-5-19-18(22(4)12-16-13-24-14(3)21-16)20-11-15-9-7-8-10-17(15)23-6-2;/h7-10,13H,5-6,11-12H2,1-4H3,(H,19,20);1H. The molecule has 0 aliphatic carbocycles. The van der Waals surface area contributed by atoms with Gasteiger partial charge in [-0.15, -0.1) is 35.3 Å². The van der Waals surface area contributed by atoms with Crippen LogP contribution in [0.4, 0.5) is 0 Å². The molecule has 0 unspecified atom stereocenters. The van der Waals surface area contributed by atoms with Crippen LogP contribution in [0.1, 0.15) is 30.1 Å². The van der Waals surface area contributed by atoms with Gasteiger partial charge in [-0.3, -0.25) is 0 Å². The zero-order valence-electron chi connectivity index (χ0n) is 15.3. The van der Waals surface area contributed by atoms with E-state index in [-0.39, 0.29) is 24.0 Å². The molecule has 0 radical (unpaired) electrons. The topological polar surface area (TPSA) is 49.8 Å². The Labute approximate surface area is 171 Å². The molecule has 0 aliphatic heterocycles. The van der Waals surface area contributed by atoms with Crippen molar-refractivity contribution < 1.29 is 4.74 Å². The van der Waals surface area contributed by atoms with E-state index in [1.165, 1.54) is 0 Å². The number of guanidine groups is 1. The van der Waals surface area contributed by atoms with Gasteiger partial charge in [0.15, 0.2) is 5.96 Å². The third-order valence-corrected chi connectivity index (χ3v) is 4.26. The second kappa shape index (κ2) is 11.3. The van der Waals surface area contributed by atoms with Gasteiger partial charge in [0.25, 0.3) is 0 Å². The summed E-state index contributed by atoms with van der Waals surface area (Å²) in [6, 6.07) is 8.05. The molecule has 5 nitrogen and oxygen atoms in total. The molecule has 0 aliphatic rings. The lowest BCUT2D eigenvalue weighted by Gasteiger charge is -2.21. The molecule has 1 heterocycles. The smallest absolute Gasteiger partial charge is 0.194 e. The molecular weight excluding hydrogens is 447 g/mol. The van der Waals surface area contributed by atoms with E-state index in [2.05, 4.69) is 33.6 Å². The monoisotopic (exact) mass is 474 g/mol. The van der Waals surface area contributed by atoms with Crippen LogP contribution >= 0.6 is 35.3 Å². The van der Waals surface area contributed by atoms with Gasteiger partial charge >= 0.3 is 0 Å². The Morgan fingerprint density at radius 3 is 2.72 bits per heavy atom. The summed E-state index contributed by atoms with van der Waals surface area (Å²) in [6.07, 6.45) is 0.